The maximum Gasteiger partial charge on any atom is 0.232 e. The maximum atomic E-state index is 12.4. The third-order valence-electron chi connectivity index (χ3n) is 4.47. The summed E-state index contributed by atoms with van der Waals surface area (Å²) < 4.78 is 30.7. The molecule has 6 nitrogen and oxygen atoms in total. The summed E-state index contributed by atoms with van der Waals surface area (Å²) in [6, 6.07) is 16.4. The second kappa shape index (κ2) is 10.1. The van der Waals surface area contributed by atoms with Crippen LogP contribution in [0.25, 0.3) is 0 Å². The van der Waals surface area contributed by atoms with Crippen LogP contribution in [-0.2, 0) is 14.8 Å². The van der Waals surface area contributed by atoms with Crippen molar-refractivity contribution in [3.63, 3.8) is 0 Å². The molecule has 0 aromatic heterocycles. The zero-order valence-corrected chi connectivity index (χ0v) is 17.4. The Hall–Kier alpha value is -2.54. The number of carbonyl (C=O) groups excluding carboxylic acids is 1. The van der Waals surface area contributed by atoms with Gasteiger partial charge in [-0.05, 0) is 42.7 Å². The van der Waals surface area contributed by atoms with Crippen LogP contribution >= 0.6 is 0 Å². The summed E-state index contributed by atoms with van der Waals surface area (Å²) in [4.78, 5) is 12.4. The topological polar surface area (TPSA) is 75.7 Å². The lowest BCUT2D eigenvalue weighted by Gasteiger charge is -2.22. The van der Waals surface area contributed by atoms with E-state index in [4.69, 9.17) is 4.74 Å². The molecule has 7 heteroatoms. The Kier molecular flexibility index (Phi) is 7.87. The number of amides is 1. The number of sulfonamides is 1. The molecule has 0 heterocycles. The van der Waals surface area contributed by atoms with Gasteiger partial charge in [-0.2, -0.15) is 0 Å². The minimum atomic E-state index is -3.40. The molecule has 152 valence electrons. The fourth-order valence-corrected chi connectivity index (χ4v) is 3.95. The van der Waals surface area contributed by atoms with Crippen molar-refractivity contribution in [1.29, 1.82) is 0 Å². The molecule has 1 N–H and O–H groups in total. The molecule has 1 amide bonds. The predicted molar refractivity (Wildman–Crippen MR) is 112 cm³/mol. The van der Waals surface area contributed by atoms with Crippen molar-refractivity contribution in [2.24, 2.45) is 0 Å². The molecule has 0 aliphatic heterocycles. The lowest BCUT2D eigenvalue weighted by molar-refractivity contribution is -0.121. The van der Waals surface area contributed by atoms with Crippen LogP contribution in [0.15, 0.2) is 54.6 Å². The van der Waals surface area contributed by atoms with E-state index in [0.29, 0.717) is 12.1 Å². The largest absolute Gasteiger partial charge is 0.497 e. The van der Waals surface area contributed by atoms with E-state index in [2.05, 4.69) is 5.32 Å². The van der Waals surface area contributed by atoms with Gasteiger partial charge in [0.15, 0.2) is 0 Å². The number of nitrogens with one attached hydrogen (secondary N) is 1. The number of carbonyl (C=O) groups is 1. The minimum Gasteiger partial charge on any atom is -0.497 e. The first-order chi connectivity index (χ1) is 13.3. The summed E-state index contributed by atoms with van der Waals surface area (Å²) in [6.45, 7) is 2.27. The van der Waals surface area contributed by atoms with Crippen molar-refractivity contribution in [3.05, 3.63) is 60.2 Å². The molecule has 0 saturated heterocycles. The zero-order valence-electron chi connectivity index (χ0n) is 16.6. The quantitative estimate of drug-likeness (QED) is 0.657. The highest BCUT2D eigenvalue weighted by molar-refractivity contribution is 7.92. The van der Waals surface area contributed by atoms with Gasteiger partial charge in [-0.15, -0.1) is 0 Å². The maximum absolute atomic E-state index is 12.4. The molecule has 1 unspecified atom stereocenters. The molecule has 2 aromatic rings. The molecule has 0 radical (unpaired) electrons. The van der Waals surface area contributed by atoms with Crippen molar-refractivity contribution in [2.75, 3.05) is 24.2 Å². The molecule has 1 atom stereocenters. The summed E-state index contributed by atoms with van der Waals surface area (Å²) in [5.74, 6) is 0.677. The molecule has 0 bridgehead atoms. The zero-order chi connectivity index (χ0) is 20.6. The smallest absolute Gasteiger partial charge is 0.232 e. The number of ether oxygens (including phenoxy) is 1. The Morgan fingerprint density at radius 3 is 2.29 bits per heavy atom. The van der Waals surface area contributed by atoms with E-state index in [1.165, 1.54) is 10.6 Å². The first kappa shape index (κ1) is 21.8. The van der Waals surface area contributed by atoms with E-state index in [0.717, 1.165) is 17.7 Å². The van der Waals surface area contributed by atoms with Gasteiger partial charge in [0.2, 0.25) is 15.9 Å². The first-order valence-corrected chi connectivity index (χ1v) is 11.2. The number of para-hydroxylation sites is 1. The van der Waals surface area contributed by atoms with Gasteiger partial charge in [0.25, 0.3) is 0 Å². The van der Waals surface area contributed by atoms with Crippen molar-refractivity contribution in [3.8, 4) is 5.75 Å². The van der Waals surface area contributed by atoms with Gasteiger partial charge in [0.05, 0.1) is 25.1 Å². The third-order valence-corrected chi connectivity index (χ3v) is 5.67. The van der Waals surface area contributed by atoms with E-state index in [9.17, 15) is 13.2 Å². The summed E-state index contributed by atoms with van der Waals surface area (Å²) in [5.41, 5.74) is 1.62. The number of rotatable bonds is 10. The monoisotopic (exact) mass is 404 g/mol. The lowest BCUT2D eigenvalue weighted by Crippen LogP contribution is -2.32. The number of hydrogen-bond donors (Lipinski definition) is 1. The van der Waals surface area contributed by atoms with Crippen molar-refractivity contribution in [1.82, 2.24) is 5.32 Å². The molecule has 0 spiro atoms. The fourth-order valence-electron chi connectivity index (χ4n) is 2.99. The Balaban J connectivity index is 1.92. The van der Waals surface area contributed by atoms with Crippen LogP contribution < -0.4 is 14.4 Å². The Morgan fingerprint density at radius 1 is 1.11 bits per heavy atom. The number of nitrogens with zero attached hydrogens (tertiary/aromatic N) is 1. The van der Waals surface area contributed by atoms with E-state index in [1.54, 1.807) is 31.4 Å². The average Bonchev–Trinajstić information content (AvgIpc) is 2.69. The summed E-state index contributed by atoms with van der Waals surface area (Å²) in [7, 11) is -1.79. The second-order valence-electron chi connectivity index (χ2n) is 6.58. The predicted octanol–water partition coefficient (Wildman–Crippen LogP) is 3.51. The Labute approximate surface area is 167 Å². The first-order valence-electron chi connectivity index (χ1n) is 9.31. The van der Waals surface area contributed by atoms with Crippen LogP contribution in [0.2, 0.25) is 0 Å². The van der Waals surface area contributed by atoms with Gasteiger partial charge >= 0.3 is 0 Å². The third kappa shape index (κ3) is 6.27. The summed E-state index contributed by atoms with van der Waals surface area (Å²) in [6.07, 6.45) is 2.63. The SMILES string of the molecule is CCC(NC(=O)CCCN(c1ccccc1)S(C)(=O)=O)c1ccc(OC)cc1. The standard InChI is InChI=1S/C21H28N2O4S/c1-4-20(17-12-14-19(27-2)15-13-17)22-21(24)11-8-16-23(28(3,25)26)18-9-6-5-7-10-18/h5-7,9-10,12-15,20H,4,8,11,16H2,1-3H3,(H,22,24). The van der Waals surface area contributed by atoms with Crippen molar-refractivity contribution < 1.29 is 17.9 Å². The van der Waals surface area contributed by atoms with E-state index < -0.39 is 10.0 Å². The van der Waals surface area contributed by atoms with E-state index in [1.807, 2.05) is 37.3 Å². The normalized spacial score (nSPS) is 12.2. The highest BCUT2D eigenvalue weighted by atomic mass is 32.2. The van der Waals surface area contributed by atoms with Gasteiger partial charge < -0.3 is 10.1 Å². The van der Waals surface area contributed by atoms with Gasteiger partial charge in [-0.3, -0.25) is 9.10 Å². The molecule has 0 saturated carbocycles. The molecule has 2 rings (SSSR count). The highest BCUT2D eigenvalue weighted by Crippen LogP contribution is 2.21. The van der Waals surface area contributed by atoms with E-state index >= 15 is 0 Å². The molecule has 0 aliphatic carbocycles. The molecular formula is C21H28N2O4S. The highest BCUT2D eigenvalue weighted by Gasteiger charge is 2.18. The van der Waals surface area contributed by atoms with Crippen LogP contribution in [-0.4, -0.2) is 34.2 Å². The summed E-state index contributed by atoms with van der Waals surface area (Å²) in [5, 5.41) is 3.02. The van der Waals surface area contributed by atoms with Gasteiger partial charge in [-0.1, -0.05) is 37.3 Å². The number of anilines is 1. The summed E-state index contributed by atoms with van der Waals surface area (Å²) >= 11 is 0. The Bertz CT molecular complexity index is 852. The fraction of sp³-hybridized carbons (Fsp3) is 0.381. The van der Waals surface area contributed by atoms with Crippen LogP contribution in [0.3, 0.4) is 0 Å². The number of hydrogen-bond acceptors (Lipinski definition) is 4. The van der Waals surface area contributed by atoms with Crippen LogP contribution in [0.4, 0.5) is 5.69 Å². The number of methoxy groups -OCH3 is 1. The molecule has 2 aromatic carbocycles. The van der Waals surface area contributed by atoms with Gasteiger partial charge in [0.1, 0.15) is 5.75 Å². The van der Waals surface area contributed by atoms with Crippen LogP contribution in [0.5, 0.6) is 5.75 Å². The van der Waals surface area contributed by atoms with Gasteiger partial charge in [-0.25, -0.2) is 8.42 Å². The van der Waals surface area contributed by atoms with Crippen LogP contribution in [0, 0.1) is 0 Å². The second-order valence-corrected chi connectivity index (χ2v) is 8.48. The number of benzene rings is 2. The molecule has 28 heavy (non-hydrogen) atoms. The van der Waals surface area contributed by atoms with E-state index in [-0.39, 0.29) is 24.9 Å². The average molecular weight is 405 g/mol. The lowest BCUT2D eigenvalue weighted by atomic mass is 10.0. The van der Waals surface area contributed by atoms with Crippen molar-refractivity contribution >= 4 is 21.6 Å². The Morgan fingerprint density at radius 2 is 1.75 bits per heavy atom. The minimum absolute atomic E-state index is 0.0847. The molecule has 0 aliphatic rings. The van der Waals surface area contributed by atoms with Crippen molar-refractivity contribution in [2.45, 2.75) is 32.2 Å². The van der Waals surface area contributed by atoms with Gasteiger partial charge in [0, 0.05) is 13.0 Å². The molecule has 0 fully saturated rings. The van der Waals surface area contributed by atoms with Crippen LogP contribution in [0.1, 0.15) is 37.8 Å². The molecular weight excluding hydrogens is 376 g/mol.